The van der Waals surface area contributed by atoms with Crippen LogP contribution in [0, 0.1) is 0 Å². The molecule has 0 radical (unpaired) electrons. The van der Waals surface area contributed by atoms with Crippen LogP contribution in [0.2, 0.25) is 0 Å². The Kier molecular flexibility index (Phi) is 11.1. The van der Waals surface area contributed by atoms with E-state index in [2.05, 4.69) is 10.6 Å². The summed E-state index contributed by atoms with van der Waals surface area (Å²) in [5.41, 5.74) is 7.35. The quantitative estimate of drug-likeness (QED) is 0.416. The van der Waals surface area contributed by atoms with Gasteiger partial charge in [-0.1, -0.05) is 79.2 Å². The number of rotatable bonds is 13. The monoisotopic (exact) mass is 437 g/mol. The van der Waals surface area contributed by atoms with E-state index in [1.165, 1.54) is 0 Å². The topological polar surface area (TPSA) is 111 Å². The molecule has 2 aromatic rings. The Balaban J connectivity index is 1.55. The lowest BCUT2D eigenvalue weighted by Gasteiger charge is -2.13. The molecule has 2 aromatic carbocycles. The Morgan fingerprint density at radius 1 is 0.938 bits per heavy atom. The Morgan fingerprint density at radius 3 is 2.31 bits per heavy atom. The van der Waals surface area contributed by atoms with Gasteiger partial charge in [0.1, 0.15) is 12.6 Å². The predicted octanol–water partition coefficient (Wildman–Crippen LogP) is 3.55. The molecule has 0 unspecified atom stereocenters. The molecule has 0 bridgehead atoms. The number of carbonyl (C=O) groups is 3. The minimum atomic E-state index is -0.733. The second-order valence-corrected chi connectivity index (χ2v) is 7.37. The predicted molar refractivity (Wildman–Crippen MR) is 124 cm³/mol. The van der Waals surface area contributed by atoms with Gasteiger partial charge in [-0.25, -0.2) is 4.79 Å². The molecule has 1 atom stereocenters. The molecule has 4 N–H and O–H groups in total. The summed E-state index contributed by atoms with van der Waals surface area (Å²) in [6.45, 7) is 0.706. The van der Waals surface area contributed by atoms with Crippen LogP contribution in [0.3, 0.4) is 0 Å². The Hall–Kier alpha value is -3.61. The molecule has 170 valence electrons. The van der Waals surface area contributed by atoms with Gasteiger partial charge in [0.15, 0.2) is 0 Å². The van der Waals surface area contributed by atoms with Crippen LogP contribution in [-0.2, 0) is 20.9 Å². The van der Waals surface area contributed by atoms with Gasteiger partial charge in [0.25, 0.3) is 0 Å². The number of hydrogen-bond acceptors (Lipinski definition) is 4. The molecule has 0 fully saturated rings. The van der Waals surface area contributed by atoms with Gasteiger partial charge < -0.3 is 21.1 Å². The minimum Gasteiger partial charge on any atom is -0.445 e. The molecule has 0 saturated carbocycles. The lowest BCUT2D eigenvalue weighted by atomic mass is 10.1. The molecular formula is C25H31N3O4. The fourth-order valence-corrected chi connectivity index (χ4v) is 2.97. The van der Waals surface area contributed by atoms with Gasteiger partial charge in [0.2, 0.25) is 11.8 Å². The minimum absolute atomic E-state index is 0.211. The molecule has 0 spiro atoms. The number of nitrogens with one attached hydrogen (secondary N) is 2. The summed E-state index contributed by atoms with van der Waals surface area (Å²) in [5.74, 6) is -0.772. The molecule has 0 aliphatic rings. The summed E-state index contributed by atoms with van der Waals surface area (Å²) in [5, 5.41) is 5.38. The lowest BCUT2D eigenvalue weighted by molar-refractivity contribution is -0.127. The van der Waals surface area contributed by atoms with Gasteiger partial charge in [-0.15, -0.1) is 0 Å². The number of alkyl carbamates (subject to hydrolysis) is 1. The van der Waals surface area contributed by atoms with E-state index in [1.807, 2.05) is 72.8 Å². The summed E-state index contributed by atoms with van der Waals surface area (Å²) in [6.07, 6.45) is 6.04. The Bertz CT molecular complexity index is 869. The van der Waals surface area contributed by atoms with E-state index < -0.39 is 18.0 Å². The fourth-order valence-electron chi connectivity index (χ4n) is 2.97. The largest absolute Gasteiger partial charge is 0.445 e. The van der Waals surface area contributed by atoms with E-state index in [4.69, 9.17) is 10.5 Å². The van der Waals surface area contributed by atoms with Crippen LogP contribution in [-0.4, -0.2) is 30.5 Å². The molecule has 32 heavy (non-hydrogen) atoms. The molecule has 0 saturated heterocycles. The lowest BCUT2D eigenvalue weighted by Crippen LogP contribution is -2.44. The number of carbonyl (C=O) groups excluding carboxylic acids is 3. The standard InChI is InChI=1S/C25H31N3O4/c26-24(30)22(16-10-15-20-11-4-1-5-12-20)28-23(29)17-8-3-9-18-27-25(31)32-19-21-13-6-2-7-14-21/h1-2,4-7,10-15,22H,3,8-9,16-19H2,(H2,26,30)(H,27,31)(H,28,29)/b15-10+/t22-/m1/s1. The van der Waals surface area contributed by atoms with Crippen LogP contribution in [0.15, 0.2) is 66.7 Å². The van der Waals surface area contributed by atoms with Crippen molar-refractivity contribution < 1.29 is 19.1 Å². The third kappa shape index (κ3) is 10.4. The first-order chi connectivity index (χ1) is 15.5. The number of primary amides is 1. The third-order valence-electron chi connectivity index (χ3n) is 4.72. The van der Waals surface area contributed by atoms with Crippen LogP contribution < -0.4 is 16.4 Å². The highest BCUT2D eigenvalue weighted by molar-refractivity contribution is 5.86. The zero-order chi connectivity index (χ0) is 23.0. The van der Waals surface area contributed by atoms with Gasteiger partial charge >= 0.3 is 6.09 Å². The zero-order valence-corrected chi connectivity index (χ0v) is 18.2. The van der Waals surface area contributed by atoms with Crippen molar-refractivity contribution in [2.75, 3.05) is 6.54 Å². The van der Waals surface area contributed by atoms with E-state index >= 15 is 0 Å². The molecule has 0 heterocycles. The first-order valence-electron chi connectivity index (χ1n) is 10.8. The van der Waals surface area contributed by atoms with E-state index in [0.29, 0.717) is 25.8 Å². The van der Waals surface area contributed by atoms with Gasteiger partial charge in [-0.2, -0.15) is 0 Å². The molecule has 0 aromatic heterocycles. The smallest absolute Gasteiger partial charge is 0.407 e. The van der Waals surface area contributed by atoms with Crippen molar-refractivity contribution >= 4 is 24.0 Å². The van der Waals surface area contributed by atoms with Crippen molar-refractivity contribution in [2.45, 2.75) is 44.8 Å². The van der Waals surface area contributed by atoms with E-state index in [1.54, 1.807) is 0 Å². The van der Waals surface area contributed by atoms with Crippen LogP contribution in [0.25, 0.3) is 6.08 Å². The second-order valence-electron chi connectivity index (χ2n) is 7.37. The highest BCUT2D eigenvalue weighted by Gasteiger charge is 2.16. The maximum Gasteiger partial charge on any atom is 0.407 e. The van der Waals surface area contributed by atoms with E-state index in [0.717, 1.165) is 24.0 Å². The van der Waals surface area contributed by atoms with Gasteiger partial charge in [0.05, 0.1) is 0 Å². The number of nitrogens with two attached hydrogens (primary N) is 1. The maximum atomic E-state index is 12.1. The number of amides is 3. The SMILES string of the molecule is NC(=O)[C@@H](C/C=C/c1ccccc1)NC(=O)CCCCCNC(=O)OCc1ccccc1. The first-order valence-corrected chi connectivity index (χ1v) is 10.8. The van der Waals surface area contributed by atoms with Crippen molar-refractivity contribution in [1.29, 1.82) is 0 Å². The number of unbranched alkanes of at least 4 members (excludes halogenated alkanes) is 2. The average Bonchev–Trinajstić information content (AvgIpc) is 2.80. The first kappa shape index (κ1) is 24.7. The Morgan fingerprint density at radius 2 is 1.62 bits per heavy atom. The molecule has 3 amide bonds. The van der Waals surface area contributed by atoms with Gasteiger partial charge in [0, 0.05) is 13.0 Å². The van der Waals surface area contributed by atoms with Crippen LogP contribution in [0.5, 0.6) is 0 Å². The second kappa shape index (κ2) is 14.4. The van der Waals surface area contributed by atoms with E-state index in [9.17, 15) is 14.4 Å². The summed E-state index contributed by atoms with van der Waals surface area (Å²) >= 11 is 0. The summed E-state index contributed by atoms with van der Waals surface area (Å²) in [4.78, 5) is 35.4. The Labute approximate surface area is 189 Å². The van der Waals surface area contributed by atoms with Crippen LogP contribution in [0.1, 0.15) is 43.2 Å². The molecular weight excluding hydrogens is 406 g/mol. The van der Waals surface area contributed by atoms with Crippen molar-refractivity contribution in [3.63, 3.8) is 0 Å². The van der Waals surface area contributed by atoms with Crippen molar-refractivity contribution in [1.82, 2.24) is 10.6 Å². The fraction of sp³-hybridized carbons (Fsp3) is 0.320. The highest BCUT2D eigenvalue weighted by Crippen LogP contribution is 2.05. The molecule has 0 aliphatic heterocycles. The number of ether oxygens (including phenoxy) is 1. The molecule has 7 heteroatoms. The molecule has 2 rings (SSSR count). The summed E-state index contributed by atoms with van der Waals surface area (Å²) < 4.78 is 5.14. The molecule has 0 aliphatic carbocycles. The molecule has 7 nitrogen and oxygen atoms in total. The zero-order valence-electron chi connectivity index (χ0n) is 18.2. The summed E-state index contributed by atoms with van der Waals surface area (Å²) in [6, 6.07) is 18.4. The normalized spacial score (nSPS) is 11.6. The van der Waals surface area contributed by atoms with Crippen molar-refractivity contribution in [3.8, 4) is 0 Å². The van der Waals surface area contributed by atoms with Crippen molar-refractivity contribution in [2.24, 2.45) is 5.73 Å². The van der Waals surface area contributed by atoms with Gasteiger partial charge in [-0.3, -0.25) is 9.59 Å². The number of hydrogen-bond donors (Lipinski definition) is 3. The number of benzene rings is 2. The summed E-state index contributed by atoms with van der Waals surface area (Å²) in [7, 11) is 0. The van der Waals surface area contributed by atoms with E-state index in [-0.39, 0.29) is 12.5 Å². The highest BCUT2D eigenvalue weighted by atomic mass is 16.5. The van der Waals surface area contributed by atoms with Gasteiger partial charge in [-0.05, 0) is 30.4 Å². The third-order valence-corrected chi connectivity index (χ3v) is 4.72. The van der Waals surface area contributed by atoms with Crippen LogP contribution >= 0.6 is 0 Å². The van der Waals surface area contributed by atoms with Crippen molar-refractivity contribution in [3.05, 3.63) is 77.9 Å². The maximum absolute atomic E-state index is 12.1. The average molecular weight is 438 g/mol. The van der Waals surface area contributed by atoms with Crippen LogP contribution in [0.4, 0.5) is 4.79 Å².